The molecule has 40 heavy (non-hydrogen) atoms. The monoisotopic (exact) mass is 524 g/mol. The fourth-order valence-electron chi connectivity index (χ4n) is 5.09. The van der Waals surface area contributed by atoms with Gasteiger partial charge in [-0.3, -0.25) is 0 Å². The molecule has 4 aromatic rings. The van der Waals surface area contributed by atoms with Gasteiger partial charge in [0.15, 0.2) is 0 Å². The van der Waals surface area contributed by atoms with Crippen LogP contribution in [0.2, 0.25) is 0 Å². The van der Waals surface area contributed by atoms with Gasteiger partial charge in [0.2, 0.25) is 5.69 Å². The van der Waals surface area contributed by atoms with E-state index in [4.69, 9.17) is 6.57 Å². The molecule has 0 saturated carbocycles. The van der Waals surface area contributed by atoms with Gasteiger partial charge in [0, 0.05) is 37.6 Å². The van der Waals surface area contributed by atoms with Crippen LogP contribution in [0.25, 0.3) is 39.9 Å². The van der Waals surface area contributed by atoms with Crippen molar-refractivity contribution in [2.24, 2.45) is 0 Å². The van der Waals surface area contributed by atoms with Crippen LogP contribution in [0.4, 0.5) is 17.1 Å². The topological polar surface area (TPSA) is 34.6 Å². The van der Waals surface area contributed by atoms with E-state index in [1.165, 1.54) is 11.4 Å². The Bertz CT molecular complexity index is 1470. The van der Waals surface area contributed by atoms with Gasteiger partial charge in [-0.1, -0.05) is 72.8 Å². The van der Waals surface area contributed by atoms with Gasteiger partial charge in [0.25, 0.3) is 0 Å². The fraction of sp³-hybridized carbons (Fsp3) is 0.222. The van der Waals surface area contributed by atoms with Crippen LogP contribution >= 0.6 is 0 Å². The second-order valence-electron chi connectivity index (χ2n) is 9.55. The molecule has 0 fully saturated rings. The van der Waals surface area contributed by atoms with Gasteiger partial charge < -0.3 is 9.80 Å². The number of hydrogen-bond donors (Lipinski definition) is 0. The quantitative estimate of drug-likeness (QED) is 0.153. The Morgan fingerprint density at radius 3 is 1.52 bits per heavy atom. The maximum atomic E-state index is 10.1. The predicted molar refractivity (Wildman–Crippen MR) is 173 cm³/mol. The number of rotatable bonds is 10. The van der Waals surface area contributed by atoms with Crippen molar-refractivity contribution in [2.45, 2.75) is 27.7 Å². The molecule has 0 aliphatic carbocycles. The van der Waals surface area contributed by atoms with E-state index < -0.39 is 0 Å². The molecule has 0 spiro atoms. The molecule has 4 heteroatoms. The van der Waals surface area contributed by atoms with Crippen molar-refractivity contribution in [3.05, 3.63) is 112 Å². The third-order valence-corrected chi connectivity index (χ3v) is 7.41. The largest absolute Gasteiger partial charge is 0.372 e. The molecule has 4 rings (SSSR count). The van der Waals surface area contributed by atoms with Crippen LogP contribution in [0.3, 0.4) is 0 Å². The first-order valence-electron chi connectivity index (χ1n) is 14.0. The summed E-state index contributed by atoms with van der Waals surface area (Å²) in [6, 6.07) is 27.1. The van der Waals surface area contributed by atoms with Crippen LogP contribution in [-0.4, -0.2) is 26.2 Å². The highest BCUT2D eigenvalue weighted by atomic mass is 15.1. The molecule has 0 aromatic heterocycles. The Balaban J connectivity index is 1.62. The van der Waals surface area contributed by atoms with Gasteiger partial charge in [-0.25, -0.2) is 4.85 Å². The van der Waals surface area contributed by atoms with Gasteiger partial charge >= 0.3 is 0 Å². The summed E-state index contributed by atoms with van der Waals surface area (Å²) < 4.78 is 0. The Morgan fingerprint density at radius 2 is 1.07 bits per heavy atom. The van der Waals surface area contributed by atoms with E-state index >= 15 is 0 Å². The molecule has 0 radical (unpaired) electrons. The lowest BCUT2D eigenvalue weighted by Crippen LogP contribution is -2.21. The van der Waals surface area contributed by atoms with E-state index in [-0.39, 0.29) is 0 Å². The lowest BCUT2D eigenvalue weighted by molar-refractivity contribution is 0.866. The fourth-order valence-corrected chi connectivity index (χ4v) is 5.09. The van der Waals surface area contributed by atoms with Gasteiger partial charge in [-0.05, 0) is 85.0 Å². The molecule has 0 unspecified atom stereocenters. The zero-order chi connectivity index (χ0) is 28.5. The third kappa shape index (κ3) is 6.09. The number of nitriles is 1. The Hall–Kier alpha value is -4.80. The van der Waals surface area contributed by atoms with Crippen LogP contribution in [0.5, 0.6) is 0 Å². The van der Waals surface area contributed by atoms with Crippen molar-refractivity contribution in [3.8, 4) is 6.07 Å². The summed E-state index contributed by atoms with van der Waals surface area (Å²) in [5.41, 5.74) is 7.40. The summed E-state index contributed by atoms with van der Waals surface area (Å²) in [5.74, 6) is 0. The van der Waals surface area contributed by atoms with E-state index in [1.807, 2.05) is 48.6 Å². The molecule has 0 heterocycles. The molecule has 0 saturated heterocycles. The van der Waals surface area contributed by atoms with Gasteiger partial charge in [0.05, 0.1) is 12.1 Å². The summed E-state index contributed by atoms with van der Waals surface area (Å²) in [7, 11) is 0. The maximum absolute atomic E-state index is 10.1. The first-order chi connectivity index (χ1) is 19.6. The lowest BCUT2D eigenvalue weighted by Gasteiger charge is -2.20. The van der Waals surface area contributed by atoms with E-state index in [2.05, 4.69) is 96.9 Å². The molecule has 0 aliphatic heterocycles. The summed E-state index contributed by atoms with van der Waals surface area (Å²) in [6.45, 7) is 20.4. The SMILES string of the molecule is [C-]#[N+]c1c(C=Cc2ccc(N(CC)CC)cc2)ccc2c(C#N)c(C=Cc3ccc(N(CC)CC)cc3)ccc12. The number of fused-ring (bicyclic) bond motifs is 1. The zero-order valence-corrected chi connectivity index (χ0v) is 23.9. The highest BCUT2D eigenvalue weighted by Crippen LogP contribution is 2.35. The predicted octanol–water partition coefficient (Wildman–Crippen LogP) is 9.30. The first kappa shape index (κ1) is 28.2. The standard InChI is InChI=1S/C36H36N4/c1-6-39(7-2)31-20-12-27(13-21-31)10-16-29-18-25-34-33(35(29)26-37)24-19-30(36(34)38-5)17-11-28-14-22-32(23-15-28)40(8-3)9-4/h10-25H,6-9H2,1-4H3. The summed E-state index contributed by atoms with van der Waals surface area (Å²) in [6.07, 6.45) is 8.04. The molecule has 0 bridgehead atoms. The summed E-state index contributed by atoms with van der Waals surface area (Å²) in [5, 5.41) is 11.7. The molecular formula is C36H36N4. The van der Waals surface area contributed by atoms with E-state index in [1.54, 1.807) is 0 Å². The molecule has 4 nitrogen and oxygen atoms in total. The Labute approximate surface area is 238 Å². The summed E-state index contributed by atoms with van der Waals surface area (Å²) >= 11 is 0. The van der Waals surface area contributed by atoms with Crippen molar-refractivity contribution in [1.82, 2.24) is 0 Å². The average Bonchev–Trinajstić information content (AvgIpc) is 3.00. The highest BCUT2D eigenvalue weighted by Gasteiger charge is 2.12. The van der Waals surface area contributed by atoms with Crippen molar-refractivity contribution in [2.75, 3.05) is 36.0 Å². The molecule has 0 amide bonds. The van der Waals surface area contributed by atoms with Crippen LogP contribution in [0.15, 0.2) is 72.8 Å². The van der Waals surface area contributed by atoms with Crippen molar-refractivity contribution < 1.29 is 0 Å². The molecule has 0 aliphatic rings. The minimum absolute atomic E-state index is 0.563. The number of anilines is 2. The molecule has 0 atom stereocenters. The van der Waals surface area contributed by atoms with Crippen LogP contribution < -0.4 is 9.80 Å². The Morgan fingerprint density at radius 1 is 0.625 bits per heavy atom. The minimum Gasteiger partial charge on any atom is -0.372 e. The molecule has 4 aromatic carbocycles. The zero-order valence-electron chi connectivity index (χ0n) is 23.9. The molecule has 200 valence electrons. The van der Waals surface area contributed by atoms with Crippen LogP contribution in [0.1, 0.15) is 55.5 Å². The second-order valence-corrected chi connectivity index (χ2v) is 9.55. The lowest BCUT2D eigenvalue weighted by atomic mass is 9.95. The highest BCUT2D eigenvalue weighted by molar-refractivity contribution is 6.03. The van der Waals surface area contributed by atoms with E-state index in [0.717, 1.165) is 59.2 Å². The third-order valence-electron chi connectivity index (χ3n) is 7.41. The molecule has 0 N–H and O–H groups in total. The van der Waals surface area contributed by atoms with Crippen molar-refractivity contribution in [1.29, 1.82) is 5.26 Å². The van der Waals surface area contributed by atoms with Gasteiger partial charge in [-0.2, -0.15) is 5.26 Å². The number of nitrogens with zero attached hydrogens (tertiary/aromatic N) is 4. The maximum Gasteiger partial charge on any atom is 0.202 e. The first-order valence-corrected chi connectivity index (χ1v) is 14.0. The average molecular weight is 525 g/mol. The number of benzene rings is 4. The minimum atomic E-state index is 0.563. The van der Waals surface area contributed by atoms with Crippen LogP contribution in [0, 0.1) is 17.9 Å². The smallest absolute Gasteiger partial charge is 0.202 e. The van der Waals surface area contributed by atoms with Gasteiger partial charge in [-0.15, -0.1) is 0 Å². The van der Waals surface area contributed by atoms with Gasteiger partial charge in [0.1, 0.15) is 6.07 Å². The van der Waals surface area contributed by atoms with E-state index in [0.29, 0.717) is 11.3 Å². The van der Waals surface area contributed by atoms with E-state index in [9.17, 15) is 5.26 Å². The normalized spacial score (nSPS) is 11.2. The summed E-state index contributed by atoms with van der Waals surface area (Å²) in [4.78, 5) is 8.49. The van der Waals surface area contributed by atoms with Crippen LogP contribution in [-0.2, 0) is 0 Å². The Kier molecular flexibility index (Phi) is 9.39. The molecular weight excluding hydrogens is 488 g/mol. The van der Waals surface area contributed by atoms with Crippen molar-refractivity contribution >= 4 is 52.1 Å². The van der Waals surface area contributed by atoms with Crippen molar-refractivity contribution in [3.63, 3.8) is 0 Å². The second kappa shape index (κ2) is 13.3. The number of hydrogen-bond acceptors (Lipinski definition) is 3.